The number of aromatic nitrogens is 1. The van der Waals surface area contributed by atoms with Crippen molar-refractivity contribution in [1.82, 2.24) is 4.57 Å². The lowest BCUT2D eigenvalue weighted by molar-refractivity contribution is -0.0643. The zero-order chi connectivity index (χ0) is 19.8. The van der Waals surface area contributed by atoms with Crippen LogP contribution < -0.4 is 10.3 Å². The predicted octanol–water partition coefficient (Wildman–Crippen LogP) is 2.02. The second kappa shape index (κ2) is 6.89. The van der Waals surface area contributed by atoms with Gasteiger partial charge in [-0.25, -0.2) is 4.79 Å². The summed E-state index contributed by atoms with van der Waals surface area (Å²) in [6.45, 7) is 5.34. The van der Waals surface area contributed by atoms with Crippen molar-refractivity contribution in [3.05, 3.63) is 63.6 Å². The minimum Gasteiger partial charge on any atom is -0.485 e. The third kappa shape index (κ3) is 3.32. The Labute approximate surface area is 156 Å². The second-order valence-corrected chi connectivity index (χ2v) is 6.84. The molecule has 1 aromatic heterocycles. The van der Waals surface area contributed by atoms with Gasteiger partial charge in [-0.2, -0.15) is 5.26 Å². The van der Waals surface area contributed by atoms with Crippen LogP contribution in [0.2, 0.25) is 0 Å². The fraction of sp³-hybridized carbons (Fsp3) is 0.350. The number of carbonyl (C=O) groups excluding carboxylic acids is 1. The molecular formula is C20H20N2O5. The normalized spacial score (nSPS) is 20.1. The first-order valence-electron chi connectivity index (χ1n) is 8.59. The van der Waals surface area contributed by atoms with Crippen LogP contribution in [0.25, 0.3) is 0 Å². The van der Waals surface area contributed by atoms with Crippen molar-refractivity contribution in [2.24, 2.45) is 0 Å². The first kappa shape index (κ1) is 18.7. The average molecular weight is 368 g/mol. The number of hydrogen-bond donors (Lipinski definition) is 1. The van der Waals surface area contributed by atoms with Crippen LogP contribution in [0, 0.1) is 11.3 Å². The van der Waals surface area contributed by atoms with Gasteiger partial charge in [0.25, 0.3) is 5.56 Å². The number of nitriles is 1. The number of carbonyl (C=O) groups is 1. The molecule has 140 valence electrons. The molecule has 0 radical (unpaired) electrons. The molecule has 0 amide bonds. The standard InChI is InChI=1S/C20H20N2O5/c1-4-26-19(25)13-7-8-22(16(23)10-13)17-14-9-12(11-21)5-6-15(14)27-20(2,3)18(17)24/h5-10,17-18,24H,4H2,1-3H3/t17-,18+/m1/s1. The van der Waals surface area contributed by atoms with Crippen molar-refractivity contribution in [1.29, 1.82) is 5.26 Å². The summed E-state index contributed by atoms with van der Waals surface area (Å²) in [6, 6.07) is 8.83. The Morgan fingerprint density at radius 3 is 2.74 bits per heavy atom. The summed E-state index contributed by atoms with van der Waals surface area (Å²) in [4.78, 5) is 24.6. The van der Waals surface area contributed by atoms with E-state index in [1.54, 1.807) is 39.0 Å². The maximum absolute atomic E-state index is 12.7. The Balaban J connectivity index is 2.14. The maximum atomic E-state index is 12.7. The van der Waals surface area contributed by atoms with Crippen LogP contribution in [0.5, 0.6) is 5.75 Å². The number of esters is 1. The van der Waals surface area contributed by atoms with Gasteiger partial charge in [-0.3, -0.25) is 4.79 Å². The van der Waals surface area contributed by atoms with Gasteiger partial charge >= 0.3 is 5.97 Å². The highest BCUT2D eigenvalue weighted by Gasteiger charge is 2.44. The summed E-state index contributed by atoms with van der Waals surface area (Å²) in [6.07, 6.45) is 0.400. The molecule has 7 heteroatoms. The highest BCUT2D eigenvalue weighted by molar-refractivity contribution is 5.89. The molecule has 7 nitrogen and oxygen atoms in total. The molecule has 0 fully saturated rings. The summed E-state index contributed by atoms with van der Waals surface area (Å²) in [5.41, 5.74) is -0.344. The minimum absolute atomic E-state index is 0.143. The van der Waals surface area contributed by atoms with E-state index in [9.17, 15) is 20.0 Å². The van der Waals surface area contributed by atoms with Gasteiger partial charge in [0.15, 0.2) is 0 Å². The third-order valence-corrected chi connectivity index (χ3v) is 4.60. The first-order chi connectivity index (χ1) is 12.8. The van der Waals surface area contributed by atoms with Crippen LogP contribution in [0.15, 0.2) is 41.3 Å². The van der Waals surface area contributed by atoms with Gasteiger partial charge in [0.05, 0.1) is 29.8 Å². The number of hydrogen-bond acceptors (Lipinski definition) is 6. The molecule has 1 aliphatic heterocycles. The van der Waals surface area contributed by atoms with Gasteiger partial charge in [-0.1, -0.05) is 0 Å². The number of rotatable bonds is 3. The van der Waals surface area contributed by atoms with Crippen LogP contribution in [-0.2, 0) is 4.74 Å². The molecule has 0 aliphatic carbocycles. The van der Waals surface area contributed by atoms with Gasteiger partial charge in [0.2, 0.25) is 0 Å². The van der Waals surface area contributed by atoms with E-state index in [4.69, 9.17) is 9.47 Å². The number of benzene rings is 1. The van der Waals surface area contributed by atoms with Gasteiger partial charge in [-0.15, -0.1) is 0 Å². The number of pyridine rings is 1. The lowest BCUT2D eigenvalue weighted by Gasteiger charge is -2.42. The molecule has 0 saturated heterocycles. The highest BCUT2D eigenvalue weighted by atomic mass is 16.5. The fourth-order valence-electron chi connectivity index (χ4n) is 3.20. The van der Waals surface area contributed by atoms with Crippen LogP contribution in [0.3, 0.4) is 0 Å². The highest BCUT2D eigenvalue weighted by Crippen LogP contribution is 2.41. The van der Waals surface area contributed by atoms with Crippen LogP contribution in [0.1, 0.15) is 48.3 Å². The largest absolute Gasteiger partial charge is 0.485 e. The van der Waals surface area contributed by atoms with Crippen molar-refractivity contribution < 1.29 is 19.4 Å². The van der Waals surface area contributed by atoms with Crippen molar-refractivity contribution in [2.45, 2.75) is 38.5 Å². The summed E-state index contributed by atoms with van der Waals surface area (Å²) in [5.74, 6) is -0.0857. The molecule has 1 aliphatic rings. The van der Waals surface area contributed by atoms with E-state index in [0.29, 0.717) is 16.9 Å². The van der Waals surface area contributed by atoms with Crippen LogP contribution in [0.4, 0.5) is 0 Å². The Bertz CT molecular complexity index is 987. The Kier molecular flexibility index (Phi) is 4.77. The Morgan fingerprint density at radius 1 is 1.37 bits per heavy atom. The molecular weight excluding hydrogens is 348 g/mol. The lowest BCUT2D eigenvalue weighted by atomic mass is 9.85. The van der Waals surface area contributed by atoms with Crippen molar-refractivity contribution in [2.75, 3.05) is 6.61 Å². The monoisotopic (exact) mass is 368 g/mol. The zero-order valence-corrected chi connectivity index (χ0v) is 15.3. The van der Waals surface area contributed by atoms with Crippen molar-refractivity contribution >= 4 is 5.97 Å². The van der Waals surface area contributed by atoms with Crippen LogP contribution >= 0.6 is 0 Å². The van der Waals surface area contributed by atoms with E-state index in [-0.39, 0.29) is 12.2 Å². The van der Waals surface area contributed by atoms with Gasteiger partial charge in [-0.05, 0) is 45.0 Å². The smallest absolute Gasteiger partial charge is 0.338 e. The third-order valence-electron chi connectivity index (χ3n) is 4.60. The fourth-order valence-corrected chi connectivity index (χ4v) is 3.20. The first-order valence-corrected chi connectivity index (χ1v) is 8.59. The second-order valence-electron chi connectivity index (χ2n) is 6.84. The van der Waals surface area contributed by atoms with E-state index in [1.165, 1.54) is 22.9 Å². The SMILES string of the molecule is CCOC(=O)c1ccn([C@@H]2c3cc(C#N)ccc3OC(C)(C)[C@H]2O)c(=O)c1. The summed E-state index contributed by atoms with van der Waals surface area (Å²) in [5, 5.41) is 20.1. The molecule has 0 saturated carbocycles. The van der Waals surface area contributed by atoms with Crippen molar-refractivity contribution in [3.8, 4) is 11.8 Å². The lowest BCUT2D eigenvalue weighted by Crippen LogP contribution is -2.52. The predicted molar refractivity (Wildman–Crippen MR) is 96.7 cm³/mol. The maximum Gasteiger partial charge on any atom is 0.338 e. The summed E-state index contributed by atoms with van der Waals surface area (Å²) >= 11 is 0. The zero-order valence-electron chi connectivity index (χ0n) is 15.3. The molecule has 0 bridgehead atoms. The summed E-state index contributed by atoms with van der Waals surface area (Å²) < 4.78 is 12.1. The number of ether oxygens (including phenoxy) is 2. The van der Waals surface area contributed by atoms with E-state index in [0.717, 1.165) is 0 Å². The van der Waals surface area contributed by atoms with Gasteiger partial charge < -0.3 is 19.1 Å². The van der Waals surface area contributed by atoms with Crippen molar-refractivity contribution in [3.63, 3.8) is 0 Å². The minimum atomic E-state index is -1.05. The molecule has 2 aromatic rings. The molecule has 0 spiro atoms. The number of fused-ring (bicyclic) bond motifs is 1. The van der Waals surface area contributed by atoms with Gasteiger partial charge in [0.1, 0.15) is 17.5 Å². The molecule has 2 atom stereocenters. The number of aliphatic hydroxyl groups is 1. The molecule has 2 heterocycles. The topological polar surface area (TPSA) is 102 Å². The summed E-state index contributed by atoms with van der Waals surface area (Å²) in [7, 11) is 0. The number of aliphatic hydroxyl groups excluding tert-OH is 1. The average Bonchev–Trinajstić information content (AvgIpc) is 2.63. The molecule has 27 heavy (non-hydrogen) atoms. The van der Waals surface area contributed by atoms with E-state index in [2.05, 4.69) is 6.07 Å². The quantitative estimate of drug-likeness (QED) is 0.832. The Morgan fingerprint density at radius 2 is 2.11 bits per heavy atom. The van der Waals surface area contributed by atoms with E-state index >= 15 is 0 Å². The van der Waals surface area contributed by atoms with E-state index in [1.807, 2.05) is 0 Å². The van der Waals surface area contributed by atoms with Crippen LogP contribution in [-0.4, -0.2) is 34.0 Å². The molecule has 0 unspecified atom stereocenters. The van der Waals surface area contributed by atoms with Gasteiger partial charge in [0, 0.05) is 17.8 Å². The molecule has 1 N–H and O–H groups in total. The van der Waals surface area contributed by atoms with E-state index < -0.39 is 29.3 Å². The molecule has 3 rings (SSSR count). The molecule has 1 aromatic carbocycles. The Hall–Kier alpha value is -3.11. The number of nitrogens with zero attached hydrogens (tertiary/aromatic N) is 2.